The van der Waals surface area contributed by atoms with Crippen LogP contribution in [0, 0.1) is 58.2 Å². The average Bonchev–Trinajstić information content (AvgIpc) is 3.32. The average molecular weight is 573 g/mol. The molecule has 5 heteroatoms. The minimum absolute atomic E-state index is 0.0833. The van der Waals surface area contributed by atoms with Crippen LogP contribution in [0.5, 0.6) is 0 Å². The number of aliphatic hydroxyl groups excluding tert-OH is 3. The van der Waals surface area contributed by atoms with E-state index in [-0.39, 0.29) is 53.1 Å². The Bertz CT molecular complexity index is 952. The van der Waals surface area contributed by atoms with Crippen molar-refractivity contribution in [2.24, 2.45) is 58.2 Å². The highest BCUT2D eigenvalue weighted by Gasteiger charge is 2.65. The summed E-state index contributed by atoms with van der Waals surface area (Å²) in [6.45, 7) is 9.53. The first kappa shape index (κ1) is 30.5. The van der Waals surface area contributed by atoms with Crippen LogP contribution in [0.2, 0.25) is 0 Å². The van der Waals surface area contributed by atoms with E-state index in [0.717, 1.165) is 70.1 Å². The van der Waals surface area contributed by atoms with Gasteiger partial charge in [0.2, 0.25) is 0 Å². The van der Waals surface area contributed by atoms with Crippen molar-refractivity contribution in [3.05, 3.63) is 0 Å². The lowest BCUT2D eigenvalue weighted by molar-refractivity contribution is -0.207. The zero-order valence-electron chi connectivity index (χ0n) is 26.5. The summed E-state index contributed by atoms with van der Waals surface area (Å²) in [5.41, 5.74) is -0.182. The highest BCUT2D eigenvalue weighted by Crippen LogP contribution is 2.68. The van der Waals surface area contributed by atoms with Crippen molar-refractivity contribution >= 4 is 5.78 Å². The summed E-state index contributed by atoms with van der Waals surface area (Å²) < 4.78 is 6.55. The Kier molecular flexibility index (Phi) is 8.53. The molecule has 6 saturated carbocycles. The molecule has 6 rings (SSSR count). The lowest BCUT2D eigenvalue weighted by Gasteiger charge is -2.63. The number of hydrogen-bond donors (Lipinski definition) is 3. The van der Waals surface area contributed by atoms with Crippen LogP contribution in [0.1, 0.15) is 130 Å². The van der Waals surface area contributed by atoms with Crippen LogP contribution < -0.4 is 0 Å². The van der Waals surface area contributed by atoms with Gasteiger partial charge in [-0.25, -0.2) is 0 Å². The molecule has 0 heterocycles. The smallest absolute Gasteiger partial charge is 0.158 e. The summed E-state index contributed by atoms with van der Waals surface area (Å²) in [7, 11) is 0. The summed E-state index contributed by atoms with van der Waals surface area (Å²) in [5, 5.41) is 33.8. The molecule has 0 aromatic carbocycles. The topological polar surface area (TPSA) is 87.0 Å². The molecule has 3 N–H and O–H groups in total. The van der Waals surface area contributed by atoms with E-state index in [9.17, 15) is 20.1 Å². The highest BCUT2D eigenvalue weighted by atomic mass is 16.5. The molecule has 14 atom stereocenters. The van der Waals surface area contributed by atoms with Crippen molar-refractivity contribution in [2.45, 2.75) is 154 Å². The quantitative estimate of drug-likeness (QED) is 0.301. The summed E-state index contributed by atoms with van der Waals surface area (Å²) >= 11 is 0. The second-order valence-corrected chi connectivity index (χ2v) is 16.6. The molecule has 0 aliphatic heterocycles. The van der Waals surface area contributed by atoms with Gasteiger partial charge in [-0.3, -0.25) is 4.79 Å². The number of carbonyl (C=O) groups is 1. The first-order valence-electron chi connectivity index (χ1n) is 17.7. The number of hydrogen-bond acceptors (Lipinski definition) is 5. The van der Waals surface area contributed by atoms with Gasteiger partial charge in [-0.05, 0) is 142 Å². The van der Waals surface area contributed by atoms with E-state index in [4.69, 9.17) is 4.74 Å². The number of ether oxygens (including phenoxy) is 1. The first-order valence-corrected chi connectivity index (χ1v) is 17.7. The van der Waals surface area contributed by atoms with Crippen molar-refractivity contribution in [3.8, 4) is 0 Å². The zero-order chi connectivity index (χ0) is 29.2. The van der Waals surface area contributed by atoms with Gasteiger partial charge in [0.25, 0.3) is 0 Å². The maximum Gasteiger partial charge on any atom is 0.158 e. The van der Waals surface area contributed by atoms with Crippen LogP contribution in [0.15, 0.2) is 0 Å². The van der Waals surface area contributed by atoms with Gasteiger partial charge in [-0.15, -0.1) is 0 Å². The van der Waals surface area contributed by atoms with Crippen LogP contribution in [0.3, 0.4) is 0 Å². The Labute approximate surface area is 249 Å². The van der Waals surface area contributed by atoms with E-state index in [0.29, 0.717) is 41.9 Å². The van der Waals surface area contributed by atoms with Gasteiger partial charge in [0.15, 0.2) is 5.78 Å². The van der Waals surface area contributed by atoms with E-state index in [2.05, 4.69) is 27.7 Å². The Morgan fingerprint density at radius 2 is 1.71 bits per heavy atom. The molecular weight excluding hydrogens is 512 g/mol. The number of Topliss-reactive ketones (excluding diaryl/α,β-unsaturated/α-hetero) is 1. The molecule has 234 valence electrons. The lowest BCUT2D eigenvalue weighted by Crippen LogP contribution is -2.62. The van der Waals surface area contributed by atoms with Crippen molar-refractivity contribution in [2.75, 3.05) is 6.61 Å². The predicted molar refractivity (Wildman–Crippen MR) is 161 cm³/mol. The van der Waals surface area contributed by atoms with E-state index < -0.39 is 0 Å². The second kappa shape index (κ2) is 11.5. The number of fused-ring (bicyclic) bond motifs is 7. The highest BCUT2D eigenvalue weighted by molar-refractivity contribution is 5.79. The molecule has 6 aliphatic rings. The molecule has 0 amide bonds. The van der Waals surface area contributed by atoms with Gasteiger partial charge in [0, 0.05) is 6.42 Å². The normalized spacial score (nSPS) is 51.8. The van der Waals surface area contributed by atoms with Crippen LogP contribution in [-0.2, 0) is 9.53 Å². The molecule has 2 bridgehead atoms. The van der Waals surface area contributed by atoms with Gasteiger partial charge in [0.05, 0.1) is 23.9 Å². The Morgan fingerprint density at radius 3 is 2.49 bits per heavy atom. The number of rotatable bonds is 8. The molecule has 0 saturated heterocycles. The Morgan fingerprint density at radius 1 is 0.902 bits per heavy atom. The maximum absolute atomic E-state index is 13.2. The van der Waals surface area contributed by atoms with Crippen LogP contribution in [0.25, 0.3) is 0 Å². The van der Waals surface area contributed by atoms with Gasteiger partial charge < -0.3 is 20.1 Å². The molecule has 0 aromatic heterocycles. The number of carbonyl (C=O) groups excluding carboxylic acids is 1. The number of ketones is 1. The fraction of sp³-hybridized carbons (Fsp3) is 0.972. The van der Waals surface area contributed by atoms with E-state index in [1.165, 1.54) is 32.1 Å². The third kappa shape index (κ3) is 5.09. The Hall–Kier alpha value is -0.490. The summed E-state index contributed by atoms with van der Waals surface area (Å²) in [6.07, 6.45) is 15.5. The molecule has 6 fully saturated rings. The third-order valence-electron chi connectivity index (χ3n) is 15.0. The molecule has 0 spiro atoms. The van der Waals surface area contributed by atoms with Crippen molar-refractivity contribution in [3.63, 3.8) is 0 Å². The fourth-order valence-electron chi connectivity index (χ4n) is 12.5. The maximum atomic E-state index is 13.2. The fourth-order valence-corrected chi connectivity index (χ4v) is 12.5. The van der Waals surface area contributed by atoms with Crippen molar-refractivity contribution in [1.82, 2.24) is 0 Å². The molecule has 0 radical (unpaired) electrons. The monoisotopic (exact) mass is 572 g/mol. The van der Waals surface area contributed by atoms with Gasteiger partial charge in [-0.1, -0.05) is 40.5 Å². The predicted octanol–water partition coefficient (Wildman–Crippen LogP) is 6.70. The van der Waals surface area contributed by atoms with Crippen LogP contribution in [-0.4, -0.2) is 51.6 Å². The molecule has 5 nitrogen and oxygen atoms in total. The van der Waals surface area contributed by atoms with Crippen LogP contribution >= 0.6 is 0 Å². The molecule has 0 aromatic rings. The van der Waals surface area contributed by atoms with Gasteiger partial charge in [0.1, 0.15) is 6.61 Å². The summed E-state index contributed by atoms with van der Waals surface area (Å²) in [4.78, 5) is 13.2. The molecular formula is C36H60O5. The third-order valence-corrected chi connectivity index (χ3v) is 15.0. The zero-order valence-corrected chi connectivity index (χ0v) is 26.5. The van der Waals surface area contributed by atoms with Crippen molar-refractivity contribution < 1.29 is 24.9 Å². The molecule has 41 heavy (non-hydrogen) atoms. The minimum atomic E-state index is -0.368. The standard InChI is InChI=1S/C36H60O5/c1-5-36(16-13-23-7-6-8-24(36)17-23)41-21-27(38)10-9-22(2)28-11-12-29-33-30(20-32(40)35(28,29)4)34(3)15-14-26(37)18-25(34)19-31(33)39/h22-26,28-33,37,39-40H,5-21H2,1-4H3/t22-,23+,24+,25+,26-,28-,29+,30+,31-,32+,33+,34+,35-,36+/m1/s1. The summed E-state index contributed by atoms with van der Waals surface area (Å²) in [6, 6.07) is 0. The van der Waals surface area contributed by atoms with E-state index >= 15 is 0 Å². The van der Waals surface area contributed by atoms with Crippen LogP contribution in [0.4, 0.5) is 0 Å². The molecule has 0 unspecified atom stereocenters. The Balaban J connectivity index is 1.08. The van der Waals surface area contributed by atoms with E-state index in [1.807, 2.05) is 0 Å². The number of aliphatic hydroxyl groups is 3. The van der Waals surface area contributed by atoms with E-state index in [1.54, 1.807) is 0 Å². The largest absolute Gasteiger partial charge is 0.393 e. The van der Waals surface area contributed by atoms with Crippen molar-refractivity contribution in [1.29, 1.82) is 0 Å². The SMILES string of the molecule is CC[C@]1(OCC(=O)CC[C@@H](C)[C@H]2CC[C@H]3[C@@H]4[C@H](O)C[C@@H]5C[C@H](O)CC[C@]5(C)[C@H]4C[C@H](O)[C@]23C)CC[C@@H]2CCC[C@H]1C2. The summed E-state index contributed by atoms with van der Waals surface area (Å²) in [5.74, 6) is 3.75. The minimum Gasteiger partial charge on any atom is -0.393 e. The van der Waals surface area contributed by atoms with Gasteiger partial charge >= 0.3 is 0 Å². The second-order valence-electron chi connectivity index (χ2n) is 16.6. The molecule has 6 aliphatic carbocycles. The lowest BCUT2D eigenvalue weighted by atomic mass is 9.43. The first-order chi connectivity index (χ1) is 19.5. The van der Waals surface area contributed by atoms with Gasteiger partial charge in [-0.2, -0.15) is 0 Å².